The average Bonchev–Trinajstić information content (AvgIpc) is 0.819. The Balaban J connectivity index is 3.80. The van der Waals surface area contributed by atoms with Crippen LogP contribution in [0, 0.1) is 19.5 Å². The topological polar surface area (TPSA) is 487 Å². The lowest BCUT2D eigenvalue weighted by Gasteiger charge is -2.35. The lowest BCUT2D eigenvalue weighted by molar-refractivity contribution is -0.205. The van der Waals surface area contributed by atoms with E-state index in [-0.39, 0.29) is 264 Å². The van der Waals surface area contributed by atoms with Crippen LogP contribution >= 0.6 is 0 Å². The molecule has 11 N–H and O–H groups in total. The van der Waals surface area contributed by atoms with E-state index in [9.17, 15) is 79.4 Å². The van der Waals surface area contributed by atoms with Gasteiger partial charge in [-0.25, -0.2) is 0 Å². The Bertz CT molecular complexity index is 2480. The van der Waals surface area contributed by atoms with Gasteiger partial charge in [-0.05, 0) is 0 Å². The molecule has 116 heavy (non-hydrogen) atoms. The molecule has 1 aliphatic heterocycles. The molecule has 0 spiro atoms. The van der Waals surface area contributed by atoms with Crippen LogP contribution in [0.25, 0.3) is 0 Å². The summed E-state index contributed by atoms with van der Waals surface area (Å²) in [5, 5.41) is 59.2. The molecule has 0 aliphatic carbocycles. The van der Waals surface area contributed by atoms with Crippen molar-refractivity contribution in [3.63, 3.8) is 0 Å². The van der Waals surface area contributed by atoms with Gasteiger partial charge in [-0.2, -0.15) is 26.3 Å². The van der Waals surface area contributed by atoms with Crippen molar-refractivity contribution in [3.8, 4) is 0 Å². The third-order valence-electron chi connectivity index (χ3n) is 15.7. The summed E-state index contributed by atoms with van der Waals surface area (Å²) >= 11 is 0. The van der Waals surface area contributed by atoms with Crippen molar-refractivity contribution in [2.45, 2.75) is 25.2 Å². The molecule has 0 bridgehead atoms. The zero-order chi connectivity index (χ0) is 85.9. The van der Waals surface area contributed by atoms with E-state index in [1.54, 1.807) is 9.80 Å². The minimum absolute atomic E-state index is 0.0431. The molecule has 47 heteroatoms. The Morgan fingerprint density at radius 3 is 0.905 bits per heavy atom. The number of halogens is 6. The summed E-state index contributed by atoms with van der Waals surface area (Å²) in [5.41, 5.74) is -3.20. The molecule has 4 radical (unpaired) electrons. The fourth-order valence-electron chi connectivity index (χ4n) is 10.1. The number of aliphatic hydroxyl groups excluding tert-OH is 4. The SMILES string of the molecule is [CH]N1CCN([CH])CCN(CC(=O)NCC(=O)NCC(COCC(=O)N(CC(=O)N(CC(=O)NCCOCCOCCOCCO)CC(=O)NCCOCCOCCOCCO)CC(=O)N(CC(=O)NCCOCCOCCOCCO)CC(=O)NCCOCCOCCOCCO)(CC(F)(F)F)CC(F)(F)F)CCN(CC(=O)O)CC1. The number of carboxylic acids is 1. The number of carbonyl (C=O) groups is 10. The number of nitrogens with one attached hydrogen (secondary N) is 6. The van der Waals surface area contributed by atoms with Crippen molar-refractivity contribution in [1.82, 2.24) is 66.2 Å². The Kier molecular flexibility index (Phi) is 63.2. The third kappa shape index (κ3) is 62.6. The van der Waals surface area contributed by atoms with Crippen molar-refractivity contribution in [1.29, 1.82) is 0 Å². The van der Waals surface area contributed by atoms with Crippen LogP contribution in [0.5, 0.6) is 0 Å². The van der Waals surface area contributed by atoms with Gasteiger partial charge in [0.1, 0.15) is 45.9 Å². The molecule has 1 rings (SSSR count). The van der Waals surface area contributed by atoms with Gasteiger partial charge in [0.15, 0.2) is 0 Å². The fourth-order valence-corrected chi connectivity index (χ4v) is 10.1. The number of amides is 9. The molecule has 0 aromatic carbocycles. The Morgan fingerprint density at radius 2 is 0.603 bits per heavy atom. The van der Waals surface area contributed by atoms with Crippen molar-refractivity contribution in [2.75, 3.05) is 342 Å². The van der Waals surface area contributed by atoms with Crippen LogP contribution in [-0.2, 0) is 110 Å². The molecule has 1 aliphatic rings. The normalized spacial score (nSPS) is 13.8. The van der Waals surface area contributed by atoms with Crippen molar-refractivity contribution in [3.05, 3.63) is 14.1 Å². The van der Waals surface area contributed by atoms with Gasteiger partial charge in [0, 0.05) is 105 Å². The fraction of sp³-hybridized carbons (Fsp3) is 0.826. The van der Waals surface area contributed by atoms with Gasteiger partial charge in [-0.3, -0.25) is 67.5 Å². The molecule has 0 unspecified atom stereocenters. The smallest absolute Gasteiger partial charge is 0.389 e. The highest BCUT2D eigenvalue weighted by atomic mass is 19.4. The van der Waals surface area contributed by atoms with Gasteiger partial charge < -0.3 is 134 Å². The van der Waals surface area contributed by atoms with Crippen molar-refractivity contribution >= 4 is 59.1 Å². The minimum Gasteiger partial charge on any atom is -0.480 e. The molecule has 0 saturated carbocycles. The number of aliphatic carboxylic acids is 1. The number of nitrogens with zero attached hydrogens (tertiary/aromatic N) is 7. The standard InChI is InChI=1S/C69H121F6N13O28/c1-82-7-8-83(2)10-12-85(51-66(102)103)14-13-84(11-9-82)44-58(94)80-43-57(93)81-55-67(53-68(70,71)72,54-69(73,74)75)56-116-52-65(101)88(49-63(99)86(45-59(95)76-3-19-104-27-35-112-39-31-108-23-15-89)46-60(96)77-4-20-105-28-36-113-40-32-109-24-16-90)50-64(100)87(47-61(97)78-5-21-106-29-37-114-41-33-110-25-17-91)48-62(98)79-6-22-107-30-38-115-42-34-111-26-18-92/h1-2,89-92H,3-56H2,(H,76,95)(H,77,96)(H,78,97)(H,79,98)(H,80,94)(H,81,93)(H,102,103). The summed E-state index contributed by atoms with van der Waals surface area (Å²) in [6, 6.07) is 0. The Labute approximate surface area is 671 Å². The first kappa shape index (κ1) is 107. The Morgan fingerprint density at radius 1 is 0.328 bits per heavy atom. The number of carboxylic acid groups (broad SMARTS) is 1. The van der Waals surface area contributed by atoms with Crippen LogP contribution in [0.4, 0.5) is 26.3 Å². The molecular formula is C69H121F6N13O28. The highest BCUT2D eigenvalue weighted by Gasteiger charge is 2.50. The number of aliphatic hydroxyl groups is 4. The Hall–Kier alpha value is -6.56. The molecule has 672 valence electrons. The first-order valence-electron chi connectivity index (χ1n) is 37.7. The van der Waals surface area contributed by atoms with E-state index in [0.29, 0.717) is 21.2 Å². The summed E-state index contributed by atoms with van der Waals surface area (Å²) in [5.74, 6) is -11.1. The largest absolute Gasteiger partial charge is 0.480 e. The summed E-state index contributed by atoms with van der Waals surface area (Å²) in [6.07, 6.45) is -15.6. The van der Waals surface area contributed by atoms with Crippen LogP contribution < -0.4 is 31.9 Å². The van der Waals surface area contributed by atoms with Gasteiger partial charge in [-0.15, -0.1) is 0 Å². The van der Waals surface area contributed by atoms with Crippen LogP contribution in [0.1, 0.15) is 12.8 Å². The predicted molar refractivity (Wildman–Crippen MR) is 393 cm³/mol. The zero-order valence-electron chi connectivity index (χ0n) is 65.9. The second-order valence-electron chi connectivity index (χ2n) is 25.5. The monoisotopic (exact) mass is 1690 g/mol. The molecule has 0 aromatic heterocycles. The second kappa shape index (κ2) is 68.2. The van der Waals surface area contributed by atoms with E-state index in [0.717, 1.165) is 0 Å². The van der Waals surface area contributed by atoms with Gasteiger partial charge >= 0.3 is 18.3 Å². The summed E-state index contributed by atoms with van der Waals surface area (Å²) in [4.78, 5) is 144. The first-order chi connectivity index (χ1) is 55.5. The maximum Gasteiger partial charge on any atom is 0.389 e. The van der Waals surface area contributed by atoms with Gasteiger partial charge in [0.2, 0.25) is 53.2 Å². The van der Waals surface area contributed by atoms with E-state index in [1.165, 1.54) is 9.80 Å². The molecule has 0 atom stereocenters. The number of hydrogen-bond acceptors (Lipinski definition) is 31. The lowest BCUT2D eigenvalue weighted by Crippen LogP contribution is -2.54. The van der Waals surface area contributed by atoms with E-state index < -0.39 is 162 Å². The predicted octanol–water partition coefficient (Wildman–Crippen LogP) is -7.11. The summed E-state index contributed by atoms with van der Waals surface area (Å²) in [7, 11) is 12.1. The molecule has 1 saturated heterocycles. The zero-order valence-corrected chi connectivity index (χ0v) is 65.9. The van der Waals surface area contributed by atoms with E-state index in [2.05, 4.69) is 26.6 Å². The quantitative estimate of drug-likeness (QED) is 0.0199. The van der Waals surface area contributed by atoms with Crippen molar-refractivity contribution < 1.29 is 161 Å². The molecule has 1 heterocycles. The molecule has 1 fully saturated rings. The maximum absolute atomic E-state index is 14.7. The number of hydrogen-bond donors (Lipinski definition) is 11. The van der Waals surface area contributed by atoms with Crippen LogP contribution in [0.2, 0.25) is 0 Å². The first-order valence-corrected chi connectivity index (χ1v) is 37.7. The summed E-state index contributed by atoms with van der Waals surface area (Å²) < 4.78 is 157. The maximum atomic E-state index is 14.7. The summed E-state index contributed by atoms with van der Waals surface area (Å²) in [6.45, 7) is -11.0. The van der Waals surface area contributed by atoms with Gasteiger partial charge in [0.05, 0.1) is 224 Å². The average molecular weight is 1690 g/mol. The number of ether oxygens (including phenoxy) is 13. The van der Waals surface area contributed by atoms with Crippen LogP contribution in [0.3, 0.4) is 0 Å². The number of rotatable bonds is 70. The minimum atomic E-state index is -5.45. The van der Waals surface area contributed by atoms with E-state index in [1.807, 2.05) is 5.32 Å². The van der Waals surface area contributed by atoms with Gasteiger partial charge in [0.25, 0.3) is 0 Å². The van der Waals surface area contributed by atoms with Gasteiger partial charge in [-0.1, -0.05) is 0 Å². The third-order valence-corrected chi connectivity index (χ3v) is 15.7. The van der Waals surface area contributed by atoms with Crippen molar-refractivity contribution in [2.24, 2.45) is 5.41 Å². The van der Waals surface area contributed by atoms with Crippen LogP contribution in [-0.4, -0.2) is 474 Å². The molecular weight excluding hydrogens is 1570 g/mol. The highest BCUT2D eigenvalue weighted by molar-refractivity contribution is 5.95. The van der Waals surface area contributed by atoms with E-state index in [4.69, 9.17) is 96.1 Å². The highest BCUT2D eigenvalue weighted by Crippen LogP contribution is 2.42. The molecule has 41 nitrogen and oxygen atoms in total. The lowest BCUT2D eigenvalue weighted by atomic mass is 9.81. The molecule has 9 amide bonds. The van der Waals surface area contributed by atoms with E-state index >= 15 is 0 Å². The molecule has 0 aromatic rings. The number of alkyl halides is 6. The second-order valence-corrected chi connectivity index (χ2v) is 25.5. The number of carbonyl (C=O) groups excluding carboxylic acids is 9. The van der Waals surface area contributed by atoms with Crippen LogP contribution in [0.15, 0.2) is 0 Å².